The van der Waals surface area contributed by atoms with Gasteiger partial charge >= 0.3 is 0 Å². The van der Waals surface area contributed by atoms with E-state index in [0.29, 0.717) is 6.04 Å². The lowest BCUT2D eigenvalue weighted by Gasteiger charge is -2.15. The van der Waals surface area contributed by atoms with Crippen LogP contribution in [0.3, 0.4) is 0 Å². The van der Waals surface area contributed by atoms with Gasteiger partial charge in [-0.1, -0.05) is 0 Å². The maximum atomic E-state index is 5.37. The van der Waals surface area contributed by atoms with Crippen LogP contribution in [0.25, 0.3) is 0 Å². The summed E-state index contributed by atoms with van der Waals surface area (Å²) in [6.45, 7) is 6.74. The van der Waals surface area contributed by atoms with Crippen molar-refractivity contribution < 1.29 is 4.74 Å². The number of hydrogen-bond acceptors (Lipinski definition) is 4. The normalized spacial score (nSPS) is 12.5. The number of ether oxygens (including phenoxy) is 1. The second-order valence-corrected chi connectivity index (χ2v) is 5.66. The zero-order valence-electron chi connectivity index (χ0n) is 12.2. The Morgan fingerprint density at radius 1 is 1.50 bits per heavy atom. The predicted octanol–water partition coefficient (Wildman–Crippen LogP) is 3.41. The first-order valence-corrected chi connectivity index (χ1v) is 8.10. The molecule has 0 spiro atoms. The van der Waals surface area contributed by atoms with Gasteiger partial charge in [0, 0.05) is 38.2 Å². The topological polar surface area (TPSA) is 39.1 Å². The average Bonchev–Trinajstić information content (AvgIpc) is 3.07. The highest BCUT2D eigenvalue weighted by atomic mass is 32.1. The second kappa shape index (κ2) is 8.07. The number of imidazole rings is 1. The van der Waals surface area contributed by atoms with Gasteiger partial charge < -0.3 is 14.6 Å². The Balaban J connectivity index is 1.81. The third-order valence-electron chi connectivity index (χ3n) is 3.10. The van der Waals surface area contributed by atoms with Crippen molar-refractivity contribution in [1.29, 1.82) is 0 Å². The third-order valence-corrected chi connectivity index (χ3v) is 3.84. The quantitative estimate of drug-likeness (QED) is 0.720. The molecule has 1 atom stereocenters. The molecule has 0 aromatic carbocycles. The molecule has 0 saturated carbocycles. The molecule has 2 heterocycles. The van der Waals surface area contributed by atoms with Crippen LogP contribution < -0.4 is 5.32 Å². The van der Waals surface area contributed by atoms with Crippen molar-refractivity contribution in [2.45, 2.75) is 39.3 Å². The minimum absolute atomic E-state index is 0.373. The van der Waals surface area contributed by atoms with Gasteiger partial charge in [0.15, 0.2) is 0 Å². The van der Waals surface area contributed by atoms with Crippen molar-refractivity contribution in [3.8, 4) is 0 Å². The van der Waals surface area contributed by atoms with Gasteiger partial charge in [0.1, 0.15) is 0 Å². The van der Waals surface area contributed by atoms with E-state index in [-0.39, 0.29) is 0 Å². The molecule has 2 rings (SSSR count). The summed E-state index contributed by atoms with van der Waals surface area (Å²) in [6, 6.07) is 2.55. The van der Waals surface area contributed by atoms with Gasteiger partial charge in [-0.25, -0.2) is 4.98 Å². The lowest BCUT2D eigenvalue weighted by atomic mass is 10.1. The van der Waals surface area contributed by atoms with E-state index in [1.54, 1.807) is 11.3 Å². The van der Waals surface area contributed by atoms with Gasteiger partial charge in [0.2, 0.25) is 5.95 Å². The highest BCUT2D eigenvalue weighted by molar-refractivity contribution is 7.07. The molecule has 0 fully saturated rings. The van der Waals surface area contributed by atoms with Crippen LogP contribution in [0.1, 0.15) is 25.8 Å². The smallest absolute Gasteiger partial charge is 0.202 e. The molecule has 0 radical (unpaired) electrons. The summed E-state index contributed by atoms with van der Waals surface area (Å²) in [7, 11) is 0. The van der Waals surface area contributed by atoms with Crippen molar-refractivity contribution in [3.05, 3.63) is 34.8 Å². The van der Waals surface area contributed by atoms with E-state index in [1.165, 1.54) is 5.56 Å². The number of rotatable bonds is 9. The maximum absolute atomic E-state index is 5.37. The molecule has 0 aliphatic heterocycles. The zero-order valence-corrected chi connectivity index (χ0v) is 13.0. The highest BCUT2D eigenvalue weighted by Gasteiger charge is 2.08. The van der Waals surface area contributed by atoms with E-state index >= 15 is 0 Å². The number of nitrogens with zero attached hydrogens (tertiary/aromatic N) is 2. The molecule has 110 valence electrons. The number of nitrogens with one attached hydrogen (secondary N) is 1. The van der Waals surface area contributed by atoms with Crippen molar-refractivity contribution in [2.24, 2.45) is 0 Å². The lowest BCUT2D eigenvalue weighted by molar-refractivity contribution is 0.142. The number of aryl methyl sites for hydroxylation is 1. The highest BCUT2D eigenvalue weighted by Crippen LogP contribution is 2.12. The van der Waals surface area contributed by atoms with Gasteiger partial charge in [0.05, 0.1) is 0 Å². The first-order valence-electron chi connectivity index (χ1n) is 7.16. The van der Waals surface area contributed by atoms with Gasteiger partial charge in [-0.2, -0.15) is 11.3 Å². The van der Waals surface area contributed by atoms with Crippen molar-refractivity contribution in [2.75, 3.05) is 18.5 Å². The van der Waals surface area contributed by atoms with E-state index < -0.39 is 0 Å². The molecular formula is C15H23N3OS. The Morgan fingerprint density at radius 2 is 2.40 bits per heavy atom. The number of thiophene rings is 1. The SMILES string of the molecule is CCOCCCn1ccnc1NC(C)Cc1ccsc1. The van der Waals surface area contributed by atoms with Crippen LogP contribution in [0.2, 0.25) is 0 Å². The summed E-state index contributed by atoms with van der Waals surface area (Å²) in [6.07, 6.45) is 5.90. The van der Waals surface area contributed by atoms with E-state index in [9.17, 15) is 0 Å². The van der Waals surface area contributed by atoms with Gasteiger partial charge in [-0.3, -0.25) is 0 Å². The first kappa shape index (κ1) is 15.1. The molecule has 0 aliphatic rings. The van der Waals surface area contributed by atoms with Crippen LogP contribution in [0.15, 0.2) is 29.2 Å². The standard InChI is InChI=1S/C15H23N3OS/c1-3-19-9-4-7-18-8-6-16-15(18)17-13(2)11-14-5-10-20-12-14/h5-6,8,10,12-13H,3-4,7,9,11H2,1-2H3,(H,16,17). The molecule has 5 heteroatoms. The summed E-state index contributed by atoms with van der Waals surface area (Å²) in [5, 5.41) is 7.81. The second-order valence-electron chi connectivity index (χ2n) is 4.88. The molecule has 4 nitrogen and oxygen atoms in total. The third kappa shape index (κ3) is 4.65. The largest absolute Gasteiger partial charge is 0.382 e. The first-order chi connectivity index (χ1) is 9.79. The molecule has 0 amide bonds. The molecule has 0 saturated heterocycles. The number of anilines is 1. The number of hydrogen-bond donors (Lipinski definition) is 1. The van der Waals surface area contributed by atoms with Crippen molar-refractivity contribution in [3.63, 3.8) is 0 Å². The van der Waals surface area contributed by atoms with E-state index in [4.69, 9.17) is 4.74 Å². The van der Waals surface area contributed by atoms with Gasteiger partial charge in [0.25, 0.3) is 0 Å². The predicted molar refractivity (Wildman–Crippen MR) is 84.4 cm³/mol. The monoisotopic (exact) mass is 293 g/mol. The van der Waals surface area contributed by atoms with Crippen LogP contribution in [-0.4, -0.2) is 28.8 Å². The molecular weight excluding hydrogens is 270 g/mol. The zero-order chi connectivity index (χ0) is 14.2. The molecule has 1 unspecified atom stereocenters. The lowest BCUT2D eigenvalue weighted by Crippen LogP contribution is -2.20. The summed E-state index contributed by atoms with van der Waals surface area (Å²) < 4.78 is 7.53. The van der Waals surface area contributed by atoms with Crippen LogP contribution in [0, 0.1) is 0 Å². The van der Waals surface area contributed by atoms with E-state index in [2.05, 4.69) is 38.6 Å². The Kier molecular flexibility index (Phi) is 6.08. The molecule has 2 aromatic heterocycles. The minimum Gasteiger partial charge on any atom is -0.382 e. The molecule has 0 bridgehead atoms. The fraction of sp³-hybridized carbons (Fsp3) is 0.533. The Morgan fingerprint density at radius 3 is 3.15 bits per heavy atom. The summed E-state index contributed by atoms with van der Waals surface area (Å²) in [4.78, 5) is 4.40. The molecule has 20 heavy (non-hydrogen) atoms. The fourth-order valence-corrected chi connectivity index (χ4v) is 2.83. The Labute approximate surface area is 124 Å². The number of aromatic nitrogens is 2. The van der Waals surface area contributed by atoms with Gasteiger partial charge in [-0.05, 0) is 49.1 Å². The summed E-state index contributed by atoms with van der Waals surface area (Å²) >= 11 is 1.75. The molecule has 2 aromatic rings. The van der Waals surface area contributed by atoms with Crippen LogP contribution in [0.4, 0.5) is 5.95 Å². The van der Waals surface area contributed by atoms with Crippen LogP contribution in [-0.2, 0) is 17.7 Å². The van der Waals surface area contributed by atoms with Crippen LogP contribution in [0.5, 0.6) is 0 Å². The van der Waals surface area contributed by atoms with E-state index in [1.807, 2.05) is 19.3 Å². The van der Waals surface area contributed by atoms with E-state index in [0.717, 1.165) is 38.5 Å². The van der Waals surface area contributed by atoms with Crippen molar-refractivity contribution in [1.82, 2.24) is 9.55 Å². The summed E-state index contributed by atoms with van der Waals surface area (Å²) in [5.74, 6) is 0.948. The summed E-state index contributed by atoms with van der Waals surface area (Å²) in [5.41, 5.74) is 1.38. The Hall–Kier alpha value is -1.33. The molecule has 0 aliphatic carbocycles. The minimum atomic E-state index is 0.373. The Bertz CT molecular complexity index is 481. The molecule has 1 N–H and O–H groups in total. The fourth-order valence-electron chi connectivity index (χ4n) is 2.14. The van der Waals surface area contributed by atoms with Crippen molar-refractivity contribution >= 4 is 17.3 Å². The van der Waals surface area contributed by atoms with Gasteiger partial charge in [-0.15, -0.1) is 0 Å². The van der Waals surface area contributed by atoms with Crippen LogP contribution >= 0.6 is 11.3 Å². The average molecular weight is 293 g/mol. The maximum Gasteiger partial charge on any atom is 0.202 e.